The van der Waals surface area contributed by atoms with E-state index in [1.54, 1.807) is 0 Å². The molecule has 1 fully saturated rings. The van der Waals surface area contributed by atoms with Crippen molar-refractivity contribution in [3.05, 3.63) is 11.6 Å². The largest absolute Gasteiger partial charge is 0.346 e. The standard InChI is InChI=1S/C11H18N4O/c1-6(2)8-13-9(15-14-8)10(16)12-7-5-11(7,3)4/h6-7H,5H2,1-4H3,(H,12,16)(H,13,14,15). The number of aromatic nitrogens is 3. The number of aromatic amines is 1. The van der Waals surface area contributed by atoms with E-state index in [4.69, 9.17) is 0 Å². The second kappa shape index (κ2) is 3.57. The Balaban J connectivity index is 1.99. The maximum Gasteiger partial charge on any atom is 0.291 e. The van der Waals surface area contributed by atoms with Crippen molar-refractivity contribution in [2.24, 2.45) is 5.41 Å². The van der Waals surface area contributed by atoms with Gasteiger partial charge < -0.3 is 5.32 Å². The van der Waals surface area contributed by atoms with Crippen LogP contribution in [0.4, 0.5) is 0 Å². The molecule has 0 aliphatic heterocycles. The van der Waals surface area contributed by atoms with Crippen molar-refractivity contribution in [2.45, 2.75) is 46.1 Å². The number of hydrogen-bond donors (Lipinski definition) is 2. The third kappa shape index (κ3) is 2.08. The molecule has 1 atom stereocenters. The number of amides is 1. The highest BCUT2D eigenvalue weighted by atomic mass is 16.2. The summed E-state index contributed by atoms with van der Waals surface area (Å²) >= 11 is 0. The minimum atomic E-state index is -0.182. The van der Waals surface area contributed by atoms with Crippen LogP contribution < -0.4 is 5.32 Å². The van der Waals surface area contributed by atoms with Gasteiger partial charge in [0.1, 0.15) is 5.82 Å². The molecule has 1 aliphatic carbocycles. The van der Waals surface area contributed by atoms with E-state index in [2.05, 4.69) is 34.3 Å². The predicted octanol–water partition coefficient (Wildman–Crippen LogP) is 1.46. The first-order valence-corrected chi connectivity index (χ1v) is 5.63. The predicted molar refractivity (Wildman–Crippen MR) is 60.1 cm³/mol. The topological polar surface area (TPSA) is 70.7 Å². The van der Waals surface area contributed by atoms with Gasteiger partial charge >= 0.3 is 0 Å². The van der Waals surface area contributed by atoms with Gasteiger partial charge in [-0.1, -0.05) is 27.7 Å². The van der Waals surface area contributed by atoms with E-state index in [1.165, 1.54) is 0 Å². The Morgan fingerprint density at radius 2 is 2.19 bits per heavy atom. The summed E-state index contributed by atoms with van der Waals surface area (Å²) in [6.07, 6.45) is 1.03. The first-order chi connectivity index (χ1) is 7.40. The lowest BCUT2D eigenvalue weighted by Crippen LogP contribution is -2.29. The lowest BCUT2D eigenvalue weighted by molar-refractivity contribution is 0.0936. The number of nitrogens with one attached hydrogen (secondary N) is 2. The lowest BCUT2D eigenvalue weighted by Gasteiger charge is -2.03. The molecule has 88 valence electrons. The van der Waals surface area contributed by atoms with Gasteiger partial charge in [-0.25, -0.2) is 4.98 Å². The SMILES string of the molecule is CC(C)c1nc(C(=O)NC2CC2(C)C)n[nH]1. The number of rotatable bonds is 3. The van der Waals surface area contributed by atoms with E-state index >= 15 is 0 Å². The normalized spacial score (nSPS) is 22.2. The molecule has 1 saturated carbocycles. The maximum absolute atomic E-state index is 11.8. The number of H-pyrrole nitrogens is 1. The van der Waals surface area contributed by atoms with Crippen molar-refractivity contribution in [1.29, 1.82) is 0 Å². The summed E-state index contributed by atoms with van der Waals surface area (Å²) in [7, 11) is 0. The molecular formula is C11H18N4O. The van der Waals surface area contributed by atoms with Crippen molar-refractivity contribution >= 4 is 5.91 Å². The average molecular weight is 222 g/mol. The molecule has 16 heavy (non-hydrogen) atoms. The Morgan fingerprint density at radius 1 is 1.56 bits per heavy atom. The Hall–Kier alpha value is -1.39. The molecule has 1 aliphatic rings. The number of hydrogen-bond acceptors (Lipinski definition) is 3. The van der Waals surface area contributed by atoms with Crippen LogP contribution in [-0.4, -0.2) is 27.1 Å². The molecule has 0 spiro atoms. The first-order valence-electron chi connectivity index (χ1n) is 5.63. The minimum Gasteiger partial charge on any atom is -0.346 e. The van der Waals surface area contributed by atoms with Crippen LogP contribution in [0, 0.1) is 5.41 Å². The van der Waals surface area contributed by atoms with Gasteiger partial charge in [-0.05, 0) is 11.8 Å². The number of nitrogens with zero attached hydrogens (tertiary/aromatic N) is 2. The zero-order valence-corrected chi connectivity index (χ0v) is 10.2. The van der Waals surface area contributed by atoms with Crippen molar-refractivity contribution in [1.82, 2.24) is 20.5 Å². The van der Waals surface area contributed by atoms with E-state index in [0.717, 1.165) is 12.2 Å². The van der Waals surface area contributed by atoms with Gasteiger partial charge in [-0.15, -0.1) is 5.10 Å². The molecule has 1 unspecified atom stereocenters. The molecule has 5 nitrogen and oxygen atoms in total. The van der Waals surface area contributed by atoms with E-state index < -0.39 is 0 Å². The average Bonchev–Trinajstić information content (AvgIpc) is 2.68. The molecule has 1 aromatic rings. The number of carbonyl (C=O) groups excluding carboxylic acids is 1. The molecule has 0 bridgehead atoms. The number of carbonyl (C=O) groups is 1. The van der Waals surface area contributed by atoms with Crippen LogP contribution in [0.1, 0.15) is 56.5 Å². The van der Waals surface area contributed by atoms with Gasteiger partial charge in [0.05, 0.1) is 0 Å². The van der Waals surface area contributed by atoms with Crippen molar-refractivity contribution in [3.63, 3.8) is 0 Å². The van der Waals surface area contributed by atoms with E-state index in [1.807, 2.05) is 13.8 Å². The lowest BCUT2D eigenvalue weighted by atomic mass is 10.2. The maximum atomic E-state index is 11.8. The first kappa shape index (κ1) is 11.1. The van der Waals surface area contributed by atoms with Crippen LogP contribution in [0.2, 0.25) is 0 Å². The highest BCUT2D eigenvalue weighted by Crippen LogP contribution is 2.44. The molecule has 1 heterocycles. The minimum absolute atomic E-state index is 0.182. The third-order valence-electron chi connectivity index (χ3n) is 3.07. The summed E-state index contributed by atoms with van der Waals surface area (Å²) < 4.78 is 0. The van der Waals surface area contributed by atoms with Gasteiger partial charge in [-0.2, -0.15) is 0 Å². The third-order valence-corrected chi connectivity index (χ3v) is 3.07. The van der Waals surface area contributed by atoms with Crippen LogP contribution in [0.25, 0.3) is 0 Å². The summed E-state index contributed by atoms with van der Waals surface area (Å²) in [5.74, 6) is 1.07. The molecule has 0 saturated heterocycles. The zero-order chi connectivity index (χ0) is 11.9. The van der Waals surface area contributed by atoms with Crippen LogP contribution in [-0.2, 0) is 0 Å². The van der Waals surface area contributed by atoms with Crippen molar-refractivity contribution in [2.75, 3.05) is 0 Å². The van der Waals surface area contributed by atoms with Gasteiger partial charge in [0.15, 0.2) is 0 Å². The van der Waals surface area contributed by atoms with Crippen LogP contribution in [0.3, 0.4) is 0 Å². The van der Waals surface area contributed by atoms with Gasteiger partial charge in [-0.3, -0.25) is 9.89 Å². The second-order valence-electron chi connectivity index (χ2n) is 5.42. The molecule has 2 rings (SSSR count). The molecule has 0 radical (unpaired) electrons. The summed E-state index contributed by atoms with van der Waals surface area (Å²) in [5, 5.41) is 9.63. The van der Waals surface area contributed by atoms with Crippen LogP contribution in [0.5, 0.6) is 0 Å². The molecule has 1 aromatic heterocycles. The van der Waals surface area contributed by atoms with Crippen molar-refractivity contribution < 1.29 is 4.79 Å². The van der Waals surface area contributed by atoms with Crippen LogP contribution >= 0.6 is 0 Å². The zero-order valence-electron chi connectivity index (χ0n) is 10.2. The highest BCUT2D eigenvalue weighted by Gasteiger charge is 2.46. The highest BCUT2D eigenvalue weighted by molar-refractivity contribution is 5.90. The molecular weight excluding hydrogens is 204 g/mol. The quantitative estimate of drug-likeness (QED) is 0.813. The Bertz CT molecular complexity index is 408. The monoisotopic (exact) mass is 222 g/mol. The van der Waals surface area contributed by atoms with E-state index in [0.29, 0.717) is 0 Å². The Labute approximate surface area is 95.0 Å². The van der Waals surface area contributed by atoms with E-state index in [9.17, 15) is 4.79 Å². The molecule has 2 N–H and O–H groups in total. The fraction of sp³-hybridized carbons (Fsp3) is 0.727. The smallest absolute Gasteiger partial charge is 0.291 e. The Kier molecular flexibility index (Phi) is 2.48. The van der Waals surface area contributed by atoms with Gasteiger partial charge in [0.25, 0.3) is 5.91 Å². The second-order valence-corrected chi connectivity index (χ2v) is 5.42. The molecule has 1 amide bonds. The fourth-order valence-electron chi connectivity index (χ4n) is 1.57. The van der Waals surface area contributed by atoms with Crippen molar-refractivity contribution in [3.8, 4) is 0 Å². The van der Waals surface area contributed by atoms with Gasteiger partial charge in [0.2, 0.25) is 5.82 Å². The Morgan fingerprint density at radius 3 is 2.62 bits per heavy atom. The molecule has 0 aromatic carbocycles. The van der Waals surface area contributed by atoms with E-state index in [-0.39, 0.29) is 29.1 Å². The fourth-order valence-corrected chi connectivity index (χ4v) is 1.57. The molecule has 5 heteroatoms. The summed E-state index contributed by atoms with van der Waals surface area (Å²) in [4.78, 5) is 15.9. The van der Waals surface area contributed by atoms with Gasteiger partial charge in [0, 0.05) is 12.0 Å². The van der Waals surface area contributed by atoms with Crippen LogP contribution in [0.15, 0.2) is 0 Å². The summed E-state index contributed by atoms with van der Waals surface area (Å²) in [6.45, 7) is 8.28. The summed E-state index contributed by atoms with van der Waals surface area (Å²) in [6, 6.07) is 0.265. The summed E-state index contributed by atoms with van der Waals surface area (Å²) in [5.41, 5.74) is 0.229.